The van der Waals surface area contributed by atoms with Crippen molar-refractivity contribution in [2.75, 3.05) is 19.0 Å². The molecular formula is C20H24Cl2N2O4. The van der Waals surface area contributed by atoms with Crippen LogP contribution in [0.2, 0.25) is 10.0 Å². The Morgan fingerprint density at radius 1 is 1.29 bits per heavy atom. The van der Waals surface area contributed by atoms with Crippen molar-refractivity contribution in [1.29, 1.82) is 0 Å². The predicted octanol–water partition coefficient (Wildman–Crippen LogP) is 3.96. The van der Waals surface area contributed by atoms with E-state index in [9.17, 15) is 14.7 Å². The van der Waals surface area contributed by atoms with Gasteiger partial charge in [0.15, 0.2) is 5.75 Å². The van der Waals surface area contributed by atoms with E-state index in [0.29, 0.717) is 30.0 Å². The Kier molecular flexibility index (Phi) is 10.4. The molecule has 152 valence electrons. The third-order valence-corrected chi connectivity index (χ3v) is 4.69. The summed E-state index contributed by atoms with van der Waals surface area (Å²) in [5.41, 5.74) is 1.91. The number of nitrogens with one attached hydrogen (secondary N) is 2. The normalized spacial score (nSPS) is 11.0. The maximum atomic E-state index is 11.5. The fourth-order valence-electron chi connectivity index (χ4n) is 2.27. The van der Waals surface area contributed by atoms with Gasteiger partial charge in [-0.05, 0) is 44.5 Å². The second kappa shape index (κ2) is 12.2. The number of hydrogen-bond acceptors (Lipinski definition) is 5. The molecule has 1 unspecified atom stereocenters. The van der Waals surface area contributed by atoms with Crippen LogP contribution in [0.5, 0.6) is 5.75 Å². The summed E-state index contributed by atoms with van der Waals surface area (Å²) in [6.45, 7) is 3.91. The number of carbonyl (C=O) groups is 2. The van der Waals surface area contributed by atoms with E-state index in [2.05, 4.69) is 10.6 Å². The number of anilines is 1. The summed E-state index contributed by atoms with van der Waals surface area (Å²) in [6, 6.07) is 11.1. The number of phenolic OH excluding ortho intramolecular Hbond substituents is 1. The number of carbonyl (C=O) groups excluding carboxylic acids is 2. The molecule has 0 saturated heterocycles. The van der Waals surface area contributed by atoms with Crippen molar-refractivity contribution < 1.29 is 19.4 Å². The van der Waals surface area contributed by atoms with Crippen LogP contribution in [-0.2, 0) is 20.7 Å². The molecule has 0 aliphatic rings. The van der Waals surface area contributed by atoms with Crippen LogP contribution in [0.15, 0.2) is 36.4 Å². The molecule has 2 aromatic carbocycles. The lowest BCUT2D eigenvalue weighted by Crippen LogP contribution is -2.37. The van der Waals surface area contributed by atoms with Crippen LogP contribution in [0.1, 0.15) is 18.1 Å². The van der Waals surface area contributed by atoms with Gasteiger partial charge >= 0.3 is 5.97 Å². The zero-order valence-electron chi connectivity index (χ0n) is 16.0. The van der Waals surface area contributed by atoms with Crippen molar-refractivity contribution in [1.82, 2.24) is 5.32 Å². The van der Waals surface area contributed by atoms with Crippen molar-refractivity contribution in [3.8, 4) is 5.75 Å². The molecule has 8 heteroatoms. The molecule has 6 nitrogen and oxygen atoms in total. The van der Waals surface area contributed by atoms with Gasteiger partial charge in [-0.3, -0.25) is 9.59 Å². The van der Waals surface area contributed by atoms with Crippen LogP contribution in [0.3, 0.4) is 0 Å². The van der Waals surface area contributed by atoms with E-state index in [-0.39, 0.29) is 28.5 Å². The molecule has 0 spiro atoms. The molecule has 1 atom stereocenters. The molecule has 2 aromatic rings. The summed E-state index contributed by atoms with van der Waals surface area (Å²) >= 11 is 11.5. The number of ether oxygens (including phenoxy) is 1. The van der Waals surface area contributed by atoms with E-state index in [0.717, 1.165) is 5.56 Å². The highest BCUT2D eigenvalue weighted by molar-refractivity contribution is 6.37. The van der Waals surface area contributed by atoms with Gasteiger partial charge in [-0.1, -0.05) is 53.5 Å². The lowest BCUT2D eigenvalue weighted by Gasteiger charge is -2.14. The smallest absolute Gasteiger partial charge is 0.323 e. The molecule has 2 rings (SSSR count). The SMILES string of the molecule is CCOC(=O)C(Cc1ccccc1)NC.Cc1c(Cl)cc(NC=O)c(O)c1Cl. The fourth-order valence-corrected chi connectivity index (χ4v) is 2.73. The molecular weight excluding hydrogens is 403 g/mol. The Bertz CT molecular complexity index is 786. The van der Waals surface area contributed by atoms with Gasteiger partial charge in [-0.25, -0.2) is 0 Å². The maximum Gasteiger partial charge on any atom is 0.323 e. The predicted molar refractivity (Wildman–Crippen MR) is 112 cm³/mol. The third kappa shape index (κ3) is 7.03. The number of likely N-dealkylation sites (N-methyl/N-ethyl adjacent to an activating group) is 1. The minimum Gasteiger partial charge on any atom is -0.504 e. The third-order valence-electron chi connectivity index (χ3n) is 3.84. The van der Waals surface area contributed by atoms with Gasteiger partial charge < -0.3 is 20.5 Å². The van der Waals surface area contributed by atoms with Crippen LogP contribution in [0, 0.1) is 6.92 Å². The zero-order valence-corrected chi connectivity index (χ0v) is 17.5. The van der Waals surface area contributed by atoms with Gasteiger partial charge in [0.1, 0.15) is 6.04 Å². The van der Waals surface area contributed by atoms with Crippen LogP contribution in [0.25, 0.3) is 0 Å². The minimum absolute atomic E-state index is 0.150. The summed E-state index contributed by atoms with van der Waals surface area (Å²) in [5, 5.41) is 15.2. The number of benzene rings is 2. The lowest BCUT2D eigenvalue weighted by molar-refractivity contribution is -0.145. The molecule has 0 heterocycles. The fraction of sp³-hybridized carbons (Fsp3) is 0.300. The summed E-state index contributed by atoms with van der Waals surface area (Å²) in [5.74, 6) is -0.362. The van der Waals surface area contributed by atoms with Crippen LogP contribution in [-0.4, -0.2) is 37.2 Å². The number of amides is 1. The second-order valence-corrected chi connectivity index (χ2v) is 6.52. The summed E-state index contributed by atoms with van der Waals surface area (Å²) < 4.78 is 4.97. The molecule has 0 fully saturated rings. The standard InChI is InChI=1S/C12H17NO2.C8H7Cl2NO2/c1-3-15-12(14)11(13-2)9-10-7-5-4-6-8-10;1-4-5(9)2-6(11-3-12)8(13)7(4)10/h4-8,11,13H,3,9H2,1-2H3;2-3,13H,1H3,(H,11,12). The summed E-state index contributed by atoms with van der Waals surface area (Å²) in [6.07, 6.45) is 1.10. The number of rotatable bonds is 7. The van der Waals surface area contributed by atoms with E-state index in [1.165, 1.54) is 6.07 Å². The number of aromatic hydroxyl groups is 1. The molecule has 28 heavy (non-hydrogen) atoms. The number of halogens is 2. The molecule has 0 bridgehead atoms. The maximum absolute atomic E-state index is 11.5. The first-order chi connectivity index (χ1) is 13.3. The van der Waals surface area contributed by atoms with Crippen molar-refractivity contribution >= 4 is 41.3 Å². The average molecular weight is 427 g/mol. The first-order valence-electron chi connectivity index (χ1n) is 8.61. The van der Waals surface area contributed by atoms with Gasteiger partial charge in [0.05, 0.1) is 17.3 Å². The lowest BCUT2D eigenvalue weighted by atomic mass is 10.1. The Morgan fingerprint density at radius 2 is 1.93 bits per heavy atom. The van der Waals surface area contributed by atoms with Gasteiger partial charge in [-0.15, -0.1) is 0 Å². The largest absolute Gasteiger partial charge is 0.504 e. The zero-order chi connectivity index (χ0) is 21.1. The van der Waals surface area contributed by atoms with Crippen LogP contribution >= 0.6 is 23.2 Å². The van der Waals surface area contributed by atoms with Gasteiger partial charge in [0.25, 0.3) is 0 Å². The first kappa shape index (κ1) is 23.8. The summed E-state index contributed by atoms with van der Waals surface area (Å²) in [4.78, 5) is 21.6. The average Bonchev–Trinajstić information content (AvgIpc) is 2.70. The van der Waals surface area contributed by atoms with Crippen LogP contribution in [0.4, 0.5) is 5.69 Å². The quantitative estimate of drug-likeness (QED) is 0.354. The Hall–Kier alpha value is -2.28. The van der Waals surface area contributed by atoms with E-state index in [1.54, 1.807) is 14.0 Å². The van der Waals surface area contributed by atoms with Crippen molar-refractivity contribution in [3.05, 3.63) is 57.6 Å². The van der Waals surface area contributed by atoms with E-state index >= 15 is 0 Å². The van der Waals surface area contributed by atoms with E-state index < -0.39 is 0 Å². The highest BCUT2D eigenvalue weighted by Gasteiger charge is 2.17. The van der Waals surface area contributed by atoms with Gasteiger partial charge in [0, 0.05) is 5.02 Å². The molecule has 0 aromatic heterocycles. The molecule has 0 saturated carbocycles. The van der Waals surface area contributed by atoms with E-state index in [4.69, 9.17) is 27.9 Å². The highest BCUT2D eigenvalue weighted by Crippen LogP contribution is 2.38. The van der Waals surface area contributed by atoms with Crippen molar-refractivity contribution in [2.24, 2.45) is 0 Å². The Balaban J connectivity index is 0.000000283. The molecule has 0 aliphatic heterocycles. The van der Waals surface area contributed by atoms with Crippen LogP contribution < -0.4 is 10.6 Å². The molecule has 3 N–H and O–H groups in total. The van der Waals surface area contributed by atoms with E-state index in [1.807, 2.05) is 37.3 Å². The molecule has 0 radical (unpaired) electrons. The topological polar surface area (TPSA) is 87.7 Å². The van der Waals surface area contributed by atoms with Crippen molar-refractivity contribution in [2.45, 2.75) is 26.3 Å². The Morgan fingerprint density at radius 3 is 2.46 bits per heavy atom. The number of hydrogen-bond donors (Lipinski definition) is 3. The summed E-state index contributed by atoms with van der Waals surface area (Å²) in [7, 11) is 1.77. The highest BCUT2D eigenvalue weighted by atomic mass is 35.5. The van der Waals surface area contributed by atoms with Crippen molar-refractivity contribution in [3.63, 3.8) is 0 Å². The minimum atomic E-state index is -0.257. The van der Waals surface area contributed by atoms with Gasteiger partial charge in [-0.2, -0.15) is 0 Å². The molecule has 1 amide bonds. The van der Waals surface area contributed by atoms with Gasteiger partial charge in [0.2, 0.25) is 6.41 Å². The number of phenols is 1. The Labute approximate surface area is 174 Å². The molecule has 0 aliphatic carbocycles. The first-order valence-corrected chi connectivity index (χ1v) is 9.36. The second-order valence-electron chi connectivity index (χ2n) is 5.74. The monoisotopic (exact) mass is 426 g/mol. The number of esters is 1.